The molecule has 0 amide bonds. The van der Waals surface area contributed by atoms with Crippen LogP contribution in [-0.2, 0) is 28.6 Å². The van der Waals surface area contributed by atoms with Crippen molar-refractivity contribution in [2.24, 2.45) is 0 Å². The van der Waals surface area contributed by atoms with Crippen LogP contribution in [0.5, 0.6) is 0 Å². The minimum Gasteiger partial charge on any atom is -0.462 e. The monoisotopic (exact) mass is 841 g/mol. The van der Waals surface area contributed by atoms with Gasteiger partial charge in [0.2, 0.25) is 0 Å². The molecule has 0 aliphatic rings. The Hall–Kier alpha value is -2.63. The average molecular weight is 841 g/mol. The zero-order chi connectivity index (χ0) is 43.7. The largest absolute Gasteiger partial charge is 0.462 e. The number of unbranched alkanes of at least 4 members (excludes halogenated alkanes) is 27. The van der Waals surface area contributed by atoms with Crippen molar-refractivity contribution in [3.05, 3.63) is 48.6 Å². The van der Waals surface area contributed by atoms with Crippen LogP contribution in [0.4, 0.5) is 0 Å². The second-order valence-corrected chi connectivity index (χ2v) is 17.1. The van der Waals surface area contributed by atoms with E-state index in [0.29, 0.717) is 19.3 Å². The summed E-state index contributed by atoms with van der Waals surface area (Å²) < 4.78 is 16.8. The molecule has 0 saturated heterocycles. The summed E-state index contributed by atoms with van der Waals surface area (Å²) in [7, 11) is 0. The van der Waals surface area contributed by atoms with Crippen LogP contribution in [0, 0.1) is 0 Å². The predicted octanol–water partition coefficient (Wildman–Crippen LogP) is 16.7. The average Bonchev–Trinajstić information content (AvgIpc) is 3.24. The van der Waals surface area contributed by atoms with E-state index in [1.807, 2.05) is 0 Å². The van der Waals surface area contributed by atoms with Crippen molar-refractivity contribution in [3.63, 3.8) is 0 Å². The van der Waals surface area contributed by atoms with Crippen LogP contribution in [0.2, 0.25) is 0 Å². The van der Waals surface area contributed by atoms with E-state index in [-0.39, 0.29) is 31.1 Å². The molecule has 0 bridgehead atoms. The van der Waals surface area contributed by atoms with Crippen molar-refractivity contribution in [2.45, 2.75) is 264 Å². The Balaban J connectivity index is 4.40. The van der Waals surface area contributed by atoms with Gasteiger partial charge in [-0.25, -0.2) is 0 Å². The Kier molecular flexibility index (Phi) is 46.9. The van der Waals surface area contributed by atoms with Gasteiger partial charge in [0.25, 0.3) is 0 Å². The fourth-order valence-corrected chi connectivity index (χ4v) is 7.22. The van der Waals surface area contributed by atoms with E-state index >= 15 is 0 Å². The Bertz CT molecular complexity index is 1060. The van der Waals surface area contributed by atoms with Gasteiger partial charge in [0.1, 0.15) is 13.2 Å². The van der Waals surface area contributed by atoms with Gasteiger partial charge >= 0.3 is 17.9 Å². The minimum absolute atomic E-state index is 0.0809. The van der Waals surface area contributed by atoms with Crippen molar-refractivity contribution in [1.82, 2.24) is 0 Å². The first-order valence-electron chi connectivity index (χ1n) is 25.6. The number of rotatable bonds is 46. The highest BCUT2D eigenvalue weighted by Crippen LogP contribution is 2.15. The molecule has 60 heavy (non-hydrogen) atoms. The Morgan fingerprint density at radius 1 is 0.350 bits per heavy atom. The number of ether oxygens (including phenoxy) is 3. The molecule has 0 fully saturated rings. The van der Waals surface area contributed by atoms with Gasteiger partial charge in [-0.05, 0) is 77.0 Å². The van der Waals surface area contributed by atoms with Crippen LogP contribution in [0.15, 0.2) is 48.6 Å². The molecule has 6 heteroatoms. The summed E-state index contributed by atoms with van der Waals surface area (Å²) in [6.07, 6.45) is 58.0. The lowest BCUT2D eigenvalue weighted by Crippen LogP contribution is -2.30. The quantitative estimate of drug-likeness (QED) is 0.0263. The lowest BCUT2D eigenvalue weighted by molar-refractivity contribution is -0.167. The molecule has 6 nitrogen and oxygen atoms in total. The maximum Gasteiger partial charge on any atom is 0.306 e. The van der Waals surface area contributed by atoms with Crippen LogP contribution in [0.3, 0.4) is 0 Å². The summed E-state index contributed by atoms with van der Waals surface area (Å²) in [5.41, 5.74) is 0. The second kappa shape index (κ2) is 49.0. The van der Waals surface area contributed by atoms with Crippen LogP contribution in [0.1, 0.15) is 258 Å². The van der Waals surface area contributed by atoms with E-state index in [1.54, 1.807) is 0 Å². The maximum atomic E-state index is 12.8. The number of allylic oxidation sites excluding steroid dienone is 8. The predicted molar refractivity (Wildman–Crippen MR) is 256 cm³/mol. The smallest absolute Gasteiger partial charge is 0.306 e. The molecule has 1 atom stereocenters. The molecule has 0 heterocycles. The topological polar surface area (TPSA) is 78.9 Å². The van der Waals surface area contributed by atoms with E-state index in [2.05, 4.69) is 69.4 Å². The second-order valence-electron chi connectivity index (χ2n) is 17.1. The number of hydrogen-bond acceptors (Lipinski definition) is 6. The lowest BCUT2D eigenvalue weighted by Gasteiger charge is -2.18. The first-order valence-corrected chi connectivity index (χ1v) is 25.6. The highest BCUT2D eigenvalue weighted by molar-refractivity contribution is 5.71. The number of carbonyl (C=O) groups excluding carboxylic acids is 3. The molecule has 0 rings (SSSR count). The Morgan fingerprint density at radius 2 is 0.650 bits per heavy atom. The number of carbonyl (C=O) groups is 3. The molecule has 0 N–H and O–H groups in total. The van der Waals surface area contributed by atoms with Gasteiger partial charge in [-0.2, -0.15) is 0 Å². The normalized spacial score (nSPS) is 12.4. The van der Waals surface area contributed by atoms with Gasteiger partial charge < -0.3 is 14.2 Å². The Labute approximate surface area is 371 Å². The van der Waals surface area contributed by atoms with Crippen molar-refractivity contribution < 1.29 is 28.6 Å². The highest BCUT2D eigenvalue weighted by atomic mass is 16.6. The van der Waals surface area contributed by atoms with E-state index in [1.165, 1.54) is 116 Å². The van der Waals surface area contributed by atoms with Gasteiger partial charge in [0.15, 0.2) is 6.10 Å². The van der Waals surface area contributed by atoms with E-state index in [9.17, 15) is 14.4 Å². The minimum atomic E-state index is -0.779. The summed E-state index contributed by atoms with van der Waals surface area (Å²) in [5, 5.41) is 0. The van der Waals surface area contributed by atoms with Gasteiger partial charge in [0.05, 0.1) is 0 Å². The van der Waals surface area contributed by atoms with E-state index < -0.39 is 6.10 Å². The molecule has 0 radical (unpaired) electrons. The summed E-state index contributed by atoms with van der Waals surface area (Å²) >= 11 is 0. The maximum absolute atomic E-state index is 12.8. The fourth-order valence-electron chi connectivity index (χ4n) is 7.22. The lowest BCUT2D eigenvalue weighted by atomic mass is 10.0. The van der Waals surface area contributed by atoms with Crippen LogP contribution < -0.4 is 0 Å². The van der Waals surface area contributed by atoms with Crippen LogP contribution >= 0.6 is 0 Å². The molecule has 348 valence electrons. The summed E-state index contributed by atoms with van der Waals surface area (Å²) in [6, 6.07) is 0. The third-order valence-corrected chi connectivity index (χ3v) is 11.1. The van der Waals surface area contributed by atoms with Gasteiger partial charge in [-0.3, -0.25) is 14.4 Å². The summed E-state index contributed by atoms with van der Waals surface area (Å²) in [5.74, 6) is -0.898. The molecular formula is C54H96O6. The molecule has 0 saturated carbocycles. The van der Waals surface area contributed by atoms with Gasteiger partial charge in [-0.1, -0.05) is 211 Å². The zero-order valence-corrected chi connectivity index (χ0v) is 39.7. The number of hydrogen-bond donors (Lipinski definition) is 0. The molecule has 0 aromatic carbocycles. The fraction of sp³-hybridized carbons (Fsp3) is 0.796. The first-order chi connectivity index (χ1) is 29.5. The number of esters is 3. The zero-order valence-electron chi connectivity index (χ0n) is 39.7. The molecule has 0 unspecified atom stereocenters. The third kappa shape index (κ3) is 46.4. The highest BCUT2D eigenvalue weighted by Gasteiger charge is 2.19. The van der Waals surface area contributed by atoms with E-state index in [0.717, 1.165) is 103 Å². The Morgan fingerprint density at radius 3 is 1.05 bits per heavy atom. The molecule has 0 spiro atoms. The summed E-state index contributed by atoms with van der Waals surface area (Å²) in [4.78, 5) is 37.9. The molecule has 0 aliphatic carbocycles. The molecular weight excluding hydrogens is 745 g/mol. The van der Waals surface area contributed by atoms with Gasteiger partial charge in [0, 0.05) is 19.3 Å². The third-order valence-electron chi connectivity index (χ3n) is 11.1. The van der Waals surface area contributed by atoms with Crippen molar-refractivity contribution >= 4 is 17.9 Å². The molecule has 0 aromatic heterocycles. The van der Waals surface area contributed by atoms with Crippen molar-refractivity contribution in [1.29, 1.82) is 0 Å². The van der Waals surface area contributed by atoms with Crippen LogP contribution in [-0.4, -0.2) is 37.2 Å². The SMILES string of the molecule is CC/C=C/C/C=C/C/C=C/CCCCCCCC(=O)OC[C@@H](COC(=O)CCCCCCC/C=C/CCCCCC)OC(=O)CCCCCCCCCCCCCCCC. The standard InChI is InChI=1S/C54H96O6/c1-4-7-10-13-16-19-22-25-27-30-32-35-38-41-44-47-53(56)59-50-51(49-58-52(55)46-43-40-37-34-31-28-24-21-18-15-12-9-6-3)60-54(57)48-45-42-39-36-33-29-26-23-20-17-14-11-8-5-2/h7,10,16,19,21,24-25,27,51H,4-6,8-9,11-15,17-18,20,22-23,26,28-50H2,1-3H3/b10-7+,19-16+,24-21+,27-25+/t51-/m1/s1. The molecule has 0 aromatic rings. The summed E-state index contributed by atoms with van der Waals surface area (Å²) in [6.45, 7) is 6.50. The van der Waals surface area contributed by atoms with E-state index in [4.69, 9.17) is 14.2 Å². The van der Waals surface area contributed by atoms with Crippen molar-refractivity contribution in [3.8, 4) is 0 Å². The van der Waals surface area contributed by atoms with Gasteiger partial charge in [-0.15, -0.1) is 0 Å². The van der Waals surface area contributed by atoms with Crippen LogP contribution in [0.25, 0.3) is 0 Å². The van der Waals surface area contributed by atoms with Crippen molar-refractivity contribution in [2.75, 3.05) is 13.2 Å². The first kappa shape index (κ1) is 57.4. The molecule has 0 aliphatic heterocycles.